The summed E-state index contributed by atoms with van der Waals surface area (Å²) in [5, 5.41) is 11.9. The summed E-state index contributed by atoms with van der Waals surface area (Å²) in [6, 6.07) is 14.8. The summed E-state index contributed by atoms with van der Waals surface area (Å²) in [4.78, 5) is 50.0. The number of anilines is 1. The molecule has 8 nitrogen and oxygen atoms in total. The minimum atomic E-state index is -1.14. The van der Waals surface area contributed by atoms with E-state index in [1.54, 1.807) is 36.6 Å². The van der Waals surface area contributed by atoms with Gasteiger partial charge in [-0.25, -0.2) is 4.79 Å². The Morgan fingerprint density at radius 2 is 1.78 bits per heavy atom. The van der Waals surface area contributed by atoms with Crippen molar-refractivity contribution in [2.24, 2.45) is 0 Å². The fourth-order valence-electron chi connectivity index (χ4n) is 3.20. The topological polar surface area (TPSA) is 117 Å². The van der Waals surface area contributed by atoms with Crippen LogP contribution in [0.3, 0.4) is 0 Å². The number of thioether (sulfide) groups is 1. The number of carbonyl (C=O) groups excluding carboxylic acids is 3. The fourth-order valence-corrected chi connectivity index (χ4v) is 3.98. The second kappa shape index (κ2) is 11.7. The van der Waals surface area contributed by atoms with Crippen molar-refractivity contribution in [1.29, 1.82) is 0 Å². The Morgan fingerprint density at radius 3 is 2.36 bits per heavy atom. The van der Waals surface area contributed by atoms with Crippen molar-refractivity contribution < 1.29 is 28.7 Å². The summed E-state index contributed by atoms with van der Waals surface area (Å²) >= 11 is 7.14. The largest absolute Gasteiger partial charge is 0.478 e. The molecule has 0 radical (unpaired) electrons. The Bertz CT molecular complexity index is 1350. The molecule has 0 saturated carbocycles. The highest BCUT2D eigenvalue weighted by Gasteiger charge is 2.25. The van der Waals surface area contributed by atoms with Gasteiger partial charge in [-0.15, -0.1) is 11.8 Å². The van der Waals surface area contributed by atoms with Crippen molar-refractivity contribution in [2.45, 2.75) is 13.8 Å². The van der Waals surface area contributed by atoms with E-state index in [0.29, 0.717) is 22.8 Å². The normalized spacial score (nSPS) is 11.2. The van der Waals surface area contributed by atoms with E-state index in [0.717, 1.165) is 22.2 Å². The predicted octanol–water partition coefficient (Wildman–Crippen LogP) is 5.32. The average molecular weight is 527 g/mol. The second-order valence-electron chi connectivity index (χ2n) is 7.74. The summed E-state index contributed by atoms with van der Waals surface area (Å²) in [5.74, 6) is -2.12. The van der Waals surface area contributed by atoms with Gasteiger partial charge in [0.05, 0.1) is 15.5 Å². The number of aromatic carboxylic acids is 1. The van der Waals surface area contributed by atoms with Crippen molar-refractivity contribution in [3.05, 3.63) is 81.4 Å². The van der Waals surface area contributed by atoms with E-state index in [4.69, 9.17) is 21.1 Å². The monoisotopic (exact) mass is 526 g/mol. The van der Waals surface area contributed by atoms with E-state index in [2.05, 4.69) is 5.32 Å². The van der Waals surface area contributed by atoms with E-state index < -0.39 is 30.2 Å². The minimum absolute atomic E-state index is 0.0295. The van der Waals surface area contributed by atoms with Crippen LogP contribution in [0.15, 0.2) is 63.9 Å². The first kappa shape index (κ1) is 26.8. The second-order valence-corrected chi connectivity index (χ2v) is 8.99. The van der Waals surface area contributed by atoms with E-state index >= 15 is 0 Å². The molecule has 0 aliphatic rings. The molecule has 2 N–H and O–H groups in total. The third-order valence-electron chi connectivity index (χ3n) is 5.08. The summed E-state index contributed by atoms with van der Waals surface area (Å²) in [5.41, 5.74) is 2.12. The highest BCUT2D eigenvalue weighted by atomic mass is 35.5. The Hall–Kier alpha value is -3.82. The molecule has 3 amide bonds. The van der Waals surface area contributed by atoms with Crippen LogP contribution in [0, 0.1) is 6.92 Å². The van der Waals surface area contributed by atoms with Crippen LogP contribution in [0.5, 0.6) is 0 Å². The molecule has 0 aliphatic carbocycles. The van der Waals surface area contributed by atoms with Gasteiger partial charge in [0.2, 0.25) is 11.8 Å². The molecule has 10 heteroatoms. The van der Waals surface area contributed by atoms with Gasteiger partial charge in [0.1, 0.15) is 18.1 Å². The van der Waals surface area contributed by atoms with Crippen molar-refractivity contribution in [3.8, 4) is 11.3 Å². The van der Waals surface area contributed by atoms with Gasteiger partial charge in [-0.1, -0.05) is 35.4 Å². The lowest BCUT2D eigenvalue weighted by Crippen LogP contribution is -2.41. The minimum Gasteiger partial charge on any atom is -0.478 e. The number of aryl methyl sites for hydroxylation is 1. The zero-order valence-corrected chi connectivity index (χ0v) is 21.3. The number of carboxylic acids is 1. The van der Waals surface area contributed by atoms with E-state index in [1.807, 2.05) is 19.1 Å². The van der Waals surface area contributed by atoms with Crippen molar-refractivity contribution in [1.82, 2.24) is 4.90 Å². The number of carboxylic acid groups (broad SMARTS) is 1. The van der Waals surface area contributed by atoms with Crippen molar-refractivity contribution in [3.63, 3.8) is 0 Å². The first-order chi connectivity index (χ1) is 17.1. The van der Waals surface area contributed by atoms with Crippen LogP contribution in [0.1, 0.15) is 28.6 Å². The summed E-state index contributed by atoms with van der Waals surface area (Å²) in [6.07, 6.45) is 3.14. The molecule has 1 aromatic heterocycles. The van der Waals surface area contributed by atoms with Crippen LogP contribution in [0.4, 0.5) is 5.69 Å². The zero-order valence-electron chi connectivity index (χ0n) is 19.7. The van der Waals surface area contributed by atoms with Gasteiger partial charge in [-0.3, -0.25) is 19.3 Å². The molecule has 3 aromatic rings. The molecule has 0 spiro atoms. The third kappa shape index (κ3) is 6.65. The van der Waals surface area contributed by atoms with Crippen LogP contribution in [0.2, 0.25) is 5.02 Å². The average Bonchev–Trinajstić information content (AvgIpc) is 3.30. The Kier molecular flexibility index (Phi) is 8.73. The van der Waals surface area contributed by atoms with E-state index in [-0.39, 0.29) is 15.5 Å². The number of halogens is 1. The van der Waals surface area contributed by atoms with E-state index in [9.17, 15) is 19.2 Å². The van der Waals surface area contributed by atoms with E-state index in [1.165, 1.54) is 25.1 Å². The lowest BCUT2D eigenvalue weighted by molar-refractivity contribution is -0.143. The number of hydrogen-bond donors (Lipinski definition) is 2. The molecule has 0 fully saturated rings. The number of carbonyl (C=O) groups is 4. The molecule has 3 rings (SSSR count). The van der Waals surface area contributed by atoms with Gasteiger partial charge < -0.3 is 14.8 Å². The predicted molar refractivity (Wildman–Crippen MR) is 140 cm³/mol. The molecule has 0 unspecified atom stereocenters. The lowest BCUT2D eigenvalue weighted by Gasteiger charge is -2.19. The molecule has 186 valence electrons. The van der Waals surface area contributed by atoms with Crippen LogP contribution >= 0.6 is 23.4 Å². The van der Waals surface area contributed by atoms with Crippen molar-refractivity contribution in [2.75, 3.05) is 18.1 Å². The summed E-state index contributed by atoms with van der Waals surface area (Å²) in [6.45, 7) is 2.69. The third-order valence-corrected chi connectivity index (χ3v) is 6.12. The molecule has 0 bridgehead atoms. The fraction of sp³-hybridized carbons (Fsp3) is 0.154. The Morgan fingerprint density at radius 1 is 1.08 bits per heavy atom. The number of amides is 3. The number of hydrogen-bond acceptors (Lipinski definition) is 6. The lowest BCUT2D eigenvalue weighted by atomic mass is 10.1. The highest BCUT2D eigenvalue weighted by molar-refractivity contribution is 8.03. The van der Waals surface area contributed by atoms with Crippen molar-refractivity contribution >= 4 is 58.8 Å². The molecule has 36 heavy (non-hydrogen) atoms. The highest BCUT2D eigenvalue weighted by Crippen LogP contribution is 2.29. The van der Waals surface area contributed by atoms with Gasteiger partial charge in [0.25, 0.3) is 5.91 Å². The van der Waals surface area contributed by atoms with Gasteiger partial charge >= 0.3 is 5.97 Å². The quantitative estimate of drug-likeness (QED) is 0.381. The smallest absolute Gasteiger partial charge is 0.337 e. The van der Waals surface area contributed by atoms with Gasteiger partial charge in [0, 0.05) is 18.2 Å². The van der Waals surface area contributed by atoms with Gasteiger partial charge in [-0.2, -0.15) is 0 Å². The van der Waals surface area contributed by atoms with Gasteiger partial charge in [-0.05, 0) is 55.7 Å². The maximum Gasteiger partial charge on any atom is 0.337 e. The number of furan rings is 1. The van der Waals surface area contributed by atoms with Crippen LogP contribution < -0.4 is 5.32 Å². The molecule has 0 atom stereocenters. The molecule has 2 aromatic carbocycles. The molecule has 0 saturated heterocycles. The number of nitrogens with zero attached hydrogens (tertiary/aromatic N) is 1. The molecule has 1 heterocycles. The number of imide groups is 1. The molecular formula is C26H23ClN2O6S. The number of rotatable bonds is 8. The first-order valence-corrected chi connectivity index (χ1v) is 12.3. The Balaban J connectivity index is 1.78. The summed E-state index contributed by atoms with van der Waals surface area (Å²) < 4.78 is 5.79. The standard InChI is InChI=1S/C26H23ClN2O6S/c1-15-4-7-18(8-5-15)28-24(31)14-29(16(2)30)25(32)23(36-3)13-19-9-11-22(35-19)17-6-10-20(26(33)34)21(27)12-17/h4-13H,14H2,1-3H3,(H,28,31)(H,33,34)/b23-13-. The molecular weight excluding hydrogens is 504 g/mol. The SMILES string of the molecule is CS/C(=C\c1ccc(-c2ccc(C(=O)O)c(Cl)c2)o1)C(=O)N(CC(=O)Nc1ccc(C)cc1)C(C)=O. The maximum atomic E-state index is 13.1. The number of benzene rings is 2. The maximum absolute atomic E-state index is 13.1. The van der Waals surface area contributed by atoms with Crippen LogP contribution in [-0.4, -0.2) is 46.5 Å². The number of nitrogens with one attached hydrogen (secondary N) is 1. The summed E-state index contributed by atoms with van der Waals surface area (Å²) in [7, 11) is 0. The molecule has 0 aliphatic heterocycles. The van der Waals surface area contributed by atoms with Crippen LogP contribution in [-0.2, 0) is 14.4 Å². The zero-order chi connectivity index (χ0) is 26.4. The Labute approximate surface area is 216 Å². The van der Waals surface area contributed by atoms with Gasteiger partial charge in [0.15, 0.2) is 0 Å². The van der Waals surface area contributed by atoms with Crippen LogP contribution in [0.25, 0.3) is 17.4 Å². The first-order valence-electron chi connectivity index (χ1n) is 10.7.